The average molecular weight is 577 g/mol. The van der Waals surface area contributed by atoms with Crippen molar-refractivity contribution in [2.24, 2.45) is 46.3 Å². The maximum Gasteiger partial charge on any atom is 0.338 e. The molecular formula is C38H56O4. The summed E-state index contributed by atoms with van der Waals surface area (Å²) in [5.74, 6) is 5.55. The van der Waals surface area contributed by atoms with E-state index in [1.54, 1.807) is 17.7 Å². The Labute approximate surface area is 255 Å². The van der Waals surface area contributed by atoms with Gasteiger partial charge in [-0.15, -0.1) is 0 Å². The first-order valence-corrected chi connectivity index (χ1v) is 17.0. The van der Waals surface area contributed by atoms with E-state index >= 15 is 0 Å². The van der Waals surface area contributed by atoms with Crippen LogP contribution in [0.25, 0.3) is 0 Å². The normalized spacial score (nSPS) is 34.4. The molecule has 4 aliphatic carbocycles. The van der Waals surface area contributed by atoms with Gasteiger partial charge < -0.3 is 14.2 Å². The molecule has 0 N–H and O–H groups in total. The van der Waals surface area contributed by atoms with E-state index in [4.69, 9.17) is 14.2 Å². The topological polar surface area (TPSA) is 44.8 Å². The molecule has 0 heterocycles. The lowest BCUT2D eigenvalue weighted by Gasteiger charge is -2.58. The van der Waals surface area contributed by atoms with Crippen LogP contribution < -0.4 is 4.74 Å². The summed E-state index contributed by atoms with van der Waals surface area (Å²) < 4.78 is 16.8. The molecule has 1 aromatic rings. The van der Waals surface area contributed by atoms with Crippen molar-refractivity contribution < 1.29 is 19.0 Å². The zero-order valence-corrected chi connectivity index (χ0v) is 27.0. The fraction of sp³-hybridized carbons (Fsp3) is 0.711. The highest BCUT2D eigenvalue weighted by Crippen LogP contribution is 2.67. The minimum atomic E-state index is -0.229. The Morgan fingerprint density at radius 1 is 1.00 bits per heavy atom. The van der Waals surface area contributed by atoms with Crippen LogP contribution >= 0.6 is 0 Å². The van der Waals surface area contributed by atoms with Crippen molar-refractivity contribution in [2.75, 3.05) is 13.2 Å². The lowest BCUT2D eigenvalue weighted by atomic mass is 9.47. The lowest BCUT2D eigenvalue weighted by molar-refractivity contribution is -0.0594. The Bertz CT molecular complexity index is 1100. The molecule has 8 atom stereocenters. The molecule has 1 aromatic carbocycles. The molecule has 232 valence electrons. The van der Waals surface area contributed by atoms with Crippen molar-refractivity contribution in [1.29, 1.82) is 0 Å². The molecule has 5 rings (SSSR count). The standard InChI is InChI=1S/C38H56O4/c1-7-40-23-24-41-30-14-11-28(12-15-30)36(39)42-31-19-21-37(5)29(25-31)13-16-32-34-18-17-33(27(4)10-8-9-26(2)3)38(34,6)22-20-35(32)37/h7,11-15,26-27,31-35H,1,8-10,16-25H2,2-6H3/t27-,31+,32+,33-,34+,35+,37+,38-/m1/s1. The van der Waals surface area contributed by atoms with Gasteiger partial charge >= 0.3 is 5.97 Å². The third-order valence-electron chi connectivity index (χ3n) is 12.2. The van der Waals surface area contributed by atoms with Crippen LogP contribution in [0.3, 0.4) is 0 Å². The summed E-state index contributed by atoms with van der Waals surface area (Å²) in [5, 5.41) is 0. The number of carbonyl (C=O) groups is 1. The molecule has 0 saturated heterocycles. The first-order chi connectivity index (χ1) is 20.2. The van der Waals surface area contributed by atoms with Gasteiger partial charge in [0.05, 0.1) is 11.8 Å². The molecule has 42 heavy (non-hydrogen) atoms. The number of allylic oxidation sites excluding steroid dienone is 1. The number of carbonyl (C=O) groups excluding carboxylic acids is 1. The highest BCUT2D eigenvalue weighted by Gasteiger charge is 2.59. The third-order valence-corrected chi connectivity index (χ3v) is 12.2. The van der Waals surface area contributed by atoms with Crippen LogP contribution in [0.5, 0.6) is 5.75 Å². The minimum absolute atomic E-state index is 0.0308. The van der Waals surface area contributed by atoms with Crippen molar-refractivity contribution in [1.82, 2.24) is 0 Å². The molecule has 4 heteroatoms. The highest BCUT2D eigenvalue weighted by atomic mass is 16.5. The molecule has 0 bridgehead atoms. The second-order valence-corrected chi connectivity index (χ2v) is 15.0. The molecule has 3 saturated carbocycles. The summed E-state index contributed by atoms with van der Waals surface area (Å²) in [6.07, 6.45) is 18.0. The Kier molecular flexibility index (Phi) is 9.79. The smallest absolute Gasteiger partial charge is 0.338 e. The Balaban J connectivity index is 1.18. The first-order valence-electron chi connectivity index (χ1n) is 17.0. The molecule has 0 aliphatic heterocycles. The molecule has 3 fully saturated rings. The van der Waals surface area contributed by atoms with E-state index in [2.05, 4.69) is 47.3 Å². The molecular weight excluding hydrogens is 520 g/mol. The summed E-state index contributed by atoms with van der Waals surface area (Å²) in [6.45, 7) is 16.9. The number of esters is 1. The van der Waals surface area contributed by atoms with Crippen molar-refractivity contribution in [3.8, 4) is 5.75 Å². The predicted molar refractivity (Wildman–Crippen MR) is 170 cm³/mol. The monoisotopic (exact) mass is 576 g/mol. The third kappa shape index (κ3) is 6.34. The van der Waals surface area contributed by atoms with Crippen molar-refractivity contribution in [3.05, 3.63) is 54.3 Å². The van der Waals surface area contributed by atoms with Gasteiger partial charge in [0.25, 0.3) is 0 Å². The van der Waals surface area contributed by atoms with E-state index in [0.29, 0.717) is 29.9 Å². The van der Waals surface area contributed by atoms with Gasteiger partial charge in [0.1, 0.15) is 25.1 Å². The zero-order chi connectivity index (χ0) is 29.9. The van der Waals surface area contributed by atoms with Crippen molar-refractivity contribution in [3.63, 3.8) is 0 Å². The summed E-state index contributed by atoms with van der Waals surface area (Å²) >= 11 is 0. The Morgan fingerprint density at radius 2 is 1.79 bits per heavy atom. The minimum Gasteiger partial charge on any atom is -0.498 e. The van der Waals surface area contributed by atoms with Gasteiger partial charge in [-0.1, -0.05) is 72.1 Å². The molecule has 0 spiro atoms. The quantitative estimate of drug-likeness (QED) is 0.107. The van der Waals surface area contributed by atoms with Gasteiger partial charge in [0, 0.05) is 6.42 Å². The van der Waals surface area contributed by atoms with E-state index in [9.17, 15) is 4.79 Å². The highest BCUT2D eigenvalue weighted by molar-refractivity contribution is 5.89. The SMILES string of the molecule is C=COCCOc1ccc(C(=O)O[C@H]2CC[C@@]3(C)C(=CC[C@H]4[C@@H]5CC[C@H]([C@H](C)CCCC(C)C)[C@@]5(C)CC[C@@H]43)C2)cc1. The second kappa shape index (κ2) is 13.2. The first kappa shape index (κ1) is 31.2. The fourth-order valence-corrected chi connectivity index (χ4v) is 9.95. The number of ether oxygens (including phenoxy) is 3. The zero-order valence-electron chi connectivity index (χ0n) is 27.0. The summed E-state index contributed by atoms with van der Waals surface area (Å²) in [6, 6.07) is 7.23. The number of hydrogen-bond acceptors (Lipinski definition) is 4. The fourth-order valence-electron chi connectivity index (χ4n) is 9.95. The van der Waals surface area contributed by atoms with Crippen molar-refractivity contribution in [2.45, 2.75) is 111 Å². The van der Waals surface area contributed by atoms with E-state index in [-0.39, 0.29) is 17.5 Å². The van der Waals surface area contributed by atoms with Gasteiger partial charge in [-0.3, -0.25) is 0 Å². The van der Waals surface area contributed by atoms with Crippen molar-refractivity contribution >= 4 is 5.97 Å². The van der Waals surface area contributed by atoms with Gasteiger partial charge in [0.15, 0.2) is 0 Å². The molecule has 0 amide bonds. The van der Waals surface area contributed by atoms with Crippen LogP contribution in [0, 0.1) is 46.3 Å². The molecule has 4 aliphatic rings. The van der Waals surface area contributed by atoms with Crippen LogP contribution in [-0.4, -0.2) is 25.3 Å². The van der Waals surface area contributed by atoms with E-state index in [1.165, 1.54) is 57.6 Å². The summed E-state index contributed by atoms with van der Waals surface area (Å²) in [5.41, 5.74) is 2.94. The number of hydrogen-bond donors (Lipinski definition) is 0. The van der Waals surface area contributed by atoms with Crippen LogP contribution in [0.1, 0.15) is 116 Å². The van der Waals surface area contributed by atoms with Gasteiger partial charge in [-0.25, -0.2) is 4.79 Å². The number of benzene rings is 1. The average Bonchev–Trinajstić information content (AvgIpc) is 3.33. The van der Waals surface area contributed by atoms with Gasteiger partial charge in [-0.05, 0) is 116 Å². The van der Waals surface area contributed by atoms with Crippen LogP contribution in [-0.2, 0) is 9.47 Å². The maximum absolute atomic E-state index is 13.0. The summed E-state index contributed by atoms with van der Waals surface area (Å²) in [7, 11) is 0. The van der Waals surface area contributed by atoms with Crippen LogP contribution in [0.15, 0.2) is 48.8 Å². The predicted octanol–water partition coefficient (Wildman–Crippen LogP) is 9.79. The Morgan fingerprint density at radius 3 is 2.52 bits per heavy atom. The van der Waals surface area contributed by atoms with Crippen LogP contribution in [0.4, 0.5) is 0 Å². The molecule has 0 aromatic heterocycles. The number of rotatable bonds is 12. The van der Waals surface area contributed by atoms with Crippen LogP contribution in [0.2, 0.25) is 0 Å². The molecule has 0 unspecified atom stereocenters. The molecule has 0 radical (unpaired) electrons. The number of fused-ring (bicyclic) bond motifs is 5. The van der Waals surface area contributed by atoms with E-state index in [1.807, 2.05) is 12.1 Å². The lowest BCUT2D eigenvalue weighted by Crippen LogP contribution is -2.51. The van der Waals surface area contributed by atoms with E-state index in [0.717, 1.165) is 54.8 Å². The molecule has 4 nitrogen and oxygen atoms in total. The van der Waals surface area contributed by atoms with Gasteiger partial charge in [0.2, 0.25) is 0 Å². The second-order valence-electron chi connectivity index (χ2n) is 15.0. The largest absolute Gasteiger partial charge is 0.498 e. The van der Waals surface area contributed by atoms with Gasteiger partial charge in [-0.2, -0.15) is 0 Å². The maximum atomic E-state index is 13.0. The van der Waals surface area contributed by atoms with E-state index < -0.39 is 0 Å². The Hall–Kier alpha value is -2.23. The summed E-state index contributed by atoms with van der Waals surface area (Å²) in [4.78, 5) is 13.0.